The van der Waals surface area contributed by atoms with Gasteiger partial charge in [-0.1, -0.05) is 6.92 Å². The zero-order valence-corrected chi connectivity index (χ0v) is 5.10. The fraction of sp³-hybridized carbons (Fsp3) is 0.400. The molecule has 0 aliphatic rings. The van der Waals surface area contributed by atoms with Crippen LogP contribution in [0.15, 0.2) is 9.32 Å². The highest BCUT2D eigenvalue weighted by Crippen LogP contribution is 2.01. The molecule has 0 aliphatic heterocycles. The molecule has 0 saturated carbocycles. The van der Waals surface area contributed by atoms with Crippen molar-refractivity contribution in [2.75, 3.05) is 5.73 Å². The Morgan fingerprint density at radius 1 is 1.78 bits per heavy atom. The van der Waals surface area contributed by atoms with Gasteiger partial charge in [0.25, 0.3) is 0 Å². The fourth-order valence-electron chi connectivity index (χ4n) is 0.669. The maximum Gasteiger partial charge on any atom is 0.362 e. The smallest absolute Gasteiger partial charge is 0.362 e. The molecule has 0 bridgehead atoms. The van der Waals surface area contributed by atoms with E-state index in [4.69, 9.17) is 5.73 Å². The zero-order chi connectivity index (χ0) is 6.85. The molecule has 0 aliphatic carbocycles. The Morgan fingerprint density at radius 2 is 2.44 bits per heavy atom. The summed E-state index contributed by atoms with van der Waals surface area (Å²) in [5, 5.41) is 2.28. The molecule has 4 nitrogen and oxygen atoms in total. The number of nitrogen functional groups attached to an aromatic ring is 1. The summed E-state index contributed by atoms with van der Waals surface area (Å²) in [6.07, 6.45) is 0.609. The van der Waals surface area contributed by atoms with E-state index in [2.05, 4.69) is 9.68 Å². The Balaban J connectivity index is 3.23. The van der Waals surface area contributed by atoms with Gasteiger partial charge in [-0.15, -0.1) is 0 Å². The second-order valence-corrected chi connectivity index (χ2v) is 1.74. The number of H-pyrrole nitrogens is 1. The number of hydrogen-bond acceptors (Lipinski definition) is 3. The molecule has 1 rings (SSSR count). The van der Waals surface area contributed by atoms with Crippen molar-refractivity contribution in [2.24, 2.45) is 0 Å². The lowest BCUT2D eigenvalue weighted by Gasteiger charge is -1.83. The lowest BCUT2D eigenvalue weighted by molar-refractivity contribution is 0.393. The first-order valence-electron chi connectivity index (χ1n) is 2.71. The number of nitrogens with two attached hydrogens (primary N) is 1. The third-order valence-electron chi connectivity index (χ3n) is 1.18. The number of rotatable bonds is 1. The molecular weight excluding hydrogens is 120 g/mol. The molecule has 1 heterocycles. The second kappa shape index (κ2) is 1.97. The van der Waals surface area contributed by atoms with Gasteiger partial charge in [-0.25, -0.2) is 9.95 Å². The maximum atomic E-state index is 10.6. The Kier molecular flexibility index (Phi) is 1.30. The molecule has 4 heteroatoms. The van der Waals surface area contributed by atoms with Crippen molar-refractivity contribution in [3.05, 3.63) is 16.0 Å². The quantitative estimate of drug-likeness (QED) is 0.564. The van der Waals surface area contributed by atoms with Crippen LogP contribution in [0.1, 0.15) is 12.5 Å². The number of aromatic amines is 1. The average Bonchev–Trinajstić information content (AvgIpc) is 2.12. The van der Waals surface area contributed by atoms with Gasteiger partial charge < -0.3 is 10.3 Å². The van der Waals surface area contributed by atoms with Crippen LogP contribution in [0.5, 0.6) is 0 Å². The topological polar surface area (TPSA) is 72.0 Å². The molecule has 1 aromatic heterocycles. The first-order valence-corrected chi connectivity index (χ1v) is 2.71. The molecular formula is C5H8N2O2. The molecule has 0 fully saturated rings. The summed E-state index contributed by atoms with van der Waals surface area (Å²) in [5.74, 6) is 0.336. The van der Waals surface area contributed by atoms with Gasteiger partial charge in [0.2, 0.25) is 0 Å². The first kappa shape index (κ1) is 5.94. The number of nitrogens with one attached hydrogen (secondary N) is 1. The van der Waals surface area contributed by atoms with E-state index in [-0.39, 0.29) is 5.63 Å². The second-order valence-electron chi connectivity index (χ2n) is 1.74. The predicted molar refractivity (Wildman–Crippen MR) is 33.1 cm³/mol. The van der Waals surface area contributed by atoms with E-state index in [1.807, 2.05) is 6.92 Å². The largest absolute Gasteiger partial charge is 0.383 e. The average molecular weight is 128 g/mol. The van der Waals surface area contributed by atoms with Crippen molar-refractivity contribution >= 4 is 5.82 Å². The van der Waals surface area contributed by atoms with Crippen LogP contribution < -0.4 is 11.4 Å². The minimum atomic E-state index is -0.366. The minimum Gasteiger partial charge on any atom is -0.383 e. The van der Waals surface area contributed by atoms with Crippen LogP contribution in [0, 0.1) is 0 Å². The number of hydrogen-bond donors (Lipinski definition) is 2. The Bertz CT molecular complexity index is 248. The molecule has 0 saturated heterocycles. The van der Waals surface area contributed by atoms with Gasteiger partial charge in [0.15, 0.2) is 0 Å². The van der Waals surface area contributed by atoms with Gasteiger partial charge >= 0.3 is 5.63 Å². The Morgan fingerprint density at radius 3 is 2.67 bits per heavy atom. The van der Waals surface area contributed by atoms with E-state index < -0.39 is 0 Å². The van der Waals surface area contributed by atoms with Crippen molar-refractivity contribution in [1.29, 1.82) is 0 Å². The summed E-state index contributed by atoms with van der Waals surface area (Å²) in [5.41, 5.74) is 5.46. The lowest BCUT2D eigenvalue weighted by atomic mass is 10.3. The normalized spacial score (nSPS) is 9.89. The van der Waals surface area contributed by atoms with Gasteiger partial charge in [0.05, 0.1) is 5.56 Å². The van der Waals surface area contributed by atoms with Crippen LogP contribution in [0.2, 0.25) is 0 Å². The molecule has 1 aromatic rings. The van der Waals surface area contributed by atoms with E-state index in [0.29, 0.717) is 17.8 Å². The van der Waals surface area contributed by atoms with Crippen molar-refractivity contribution in [3.63, 3.8) is 0 Å². The molecule has 0 aromatic carbocycles. The molecule has 0 unspecified atom stereocenters. The maximum absolute atomic E-state index is 10.6. The van der Waals surface area contributed by atoms with Crippen LogP contribution in [0.3, 0.4) is 0 Å². The third kappa shape index (κ3) is 0.826. The van der Waals surface area contributed by atoms with Crippen molar-refractivity contribution in [1.82, 2.24) is 5.16 Å². The highest BCUT2D eigenvalue weighted by molar-refractivity contribution is 5.35. The molecule has 0 atom stereocenters. The van der Waals surface area contributed by atoms with Crippen molar-refractivity contribution < 1.29 is 4.52 Å². The summed E-state index contributed by atoms with van der Waals surface area (Å²) in [7, 11) is 0. The van der Waals surface area contributed by atoms with E-state index in [0.717, 1.165) is 0 Å². The summed E-state index contributed by atoms with van der Waals surface area (Å²) in [6, 6.07) is 0. The molecule has 50 valence electrons. The summed E-state index contributed by atoms with van der Waals surface area (Å²) < 4.78 is 4.38. The standard InChI is InChI=1S/C5H8N2O2/c1-2-3-4(6)7-9-5(3)8/h7H,2,6H2,1H3. The molecule has 0 amide bonds. The van der Waals surface area contributed by atoms with Gasteiger partial charge in [-0.05, 0) is 6.42 Å². The number of aromatic nitrogens is 1. The number of anilines is 1. The molecule has 0 radical (unpaired) electrons. The highest BCUT2D eigenvalue weighted by Gasteiger charge is 2.04. The van der Waals surface area contributed by atoms with E-state index in [1.54, 1.807) is 0 Å². The van der Waals surface area contributed by atoms with Crippen LogP contribution >= 0.6 is 0 Å². The lowest BCUT2D eigenvalue weighted by Crippen LogP contribution is -2.01. The van der Waals surface area contributed by atoms with Crippen LogP contribution in [-0.2, 0) is 6.42 Å². The zero-order valence-electron chi connectivity index (χ0n) is 5.10. The van der Waals surface area contributed by atoms with Gasteiger partial charge in [-0.2, -0.15) is 0 Å². The minimum absolute atomic E-state index is 0.336. The summed E-state index contributed by atoms with van der Waals surface area (Å²) in [6.45, 7) is 1.84. The van der Waals surface area contributed by atoms with Gasteiger partial charge in [-0.3, -0.25) is 0 Å². The van der Waals surface area contributed by atoms with E-state index in [1.165, 1.54) is 0 Å². The SMILES string of the molecule is CCc1c(N)[nH]oc1=O. The molecule has 9 heavy (non-hydrogen) atoms. The monoisotopic (exact) mass is 128 g/mol. The van der Waals surface area contributed by atoms with Crippen LogP contribution in [-0.4, -0.2) is 5.16 Å². The van der Waals surface area contributed by atoms with E-state index in [9.17, 15) is 4.79 Å². The summed E-state index contributed by atoms with van der Waals surface area (Å²) in [4.78, 5) is 10.6. The van der Waals surface area contributed by atoms with Crippen molar-refractivity contribution in [3.8, 4) is 0 Å². The van der Waals surface area contributed by atoms with Gasteiger partial charge in [0.1, 0.15) is 5.82 Å². The predicted octanol–water partition coefficient (Wildman–Crippen LogP) is 0.113. The third-order valence-corrected chi connectivity index (χ3v) is 1.18. The summed E-state index contributed by atoms with van der Waals surface area (Å²) >= 11 is 0. The van der Waals surface area contributed by atoms with Crippen LogP contribution in [0.25, 0.3) is 0 Å². The Labute approximate surface area is 51.6 Å². The van der Waals surface area contributed by atoms with Gasteiger partial charge in [0, 0.05) is 0 Å². The fourth-order valence-corrected chi connectivity index (χ4v) is 0.669. The van der Waals surface area contributed by atoms with Crippen LogP contribution in [0.4, 0.5) is 5.82 Å². The molecule has 0 spiro atoms. The first-order chi connectivity index (χ1) is 4.25. The highest BCUT2D eigenvalue weighted by atomic mass is 16.5. The molecule has 3 N–H and O–H groups in total. The van der Waals surface area contributed by atoms with E-state index >= 15 is 0 Å². The Hall–Kier alpha value is -1.19. The van der Waals surface area contributed by atoms with Crippen molar-refractivity contribution in [2.45, 2.75) is 13.3 Å².